The zero-order valence-electron chi connectivity index (χ0n) is 8.34. The number of hydrogen-bond acceptors (Lipinski definition) is 1. The summed E-state index contributed by atoms with van der Waals surface area (Å²) in [6.07, 6.45) is 8.59. The molecule has 1 aliphatic rings. The van der Waals surface area contributed by atoms with Gasteiger partial charge in [0.2, 0.25) is 0 Å². The van der Waals surface area contributed by atoms with Crippen LogP contribution in [0.1, 0.15) is 46.0 Å². The van der Waals surface area contributed by atoms with E-state index in [9.17, 15) is 0 Å². The molecular formula is C11H21N. The molecule has 0 aliphatic heterocycles. The third-order valence-corrected chi connectivity index (χ3v) is 2.95. The van der Waals surface area contributed by atoms with Gasteiger partial charge in [-0.25, -0.2) is 0 Å². The van der Waals surface area contributed by atoms with E-state index in [2.05, 4.69) is 19.9 Å². The fourth-order valence-corrected chi connectivity index (χ4v) is 1.83. The highest BCUT2D eigenvalue weighted by atomic mass is 14.6. The van der Waals surface area contributed by atoms with Gasteiger partial charge in [-0.15, -0.1) is 0 Å². The van der Waals surface area contributed by atoms with Crippen molar-refractivity contribution < 1.29 is 0 Å². The lowest BCUT2D eigenvalue weighted by Gasteiger charge is -2.17. The summed E-state index contributed by atoms with van der Waals surface area (Å²) >= 11 is 0. The summed E-state index contributed by atoms with van der Waals surface area (Å²) in [4.78, 5) is 0. The van der Waals surface area contributed by atoms with E-state index in [0.717, 1.165) is 0 Å². The van der Waals surface area contributed by atoms with Crippen LogP contribution >= 0.6 is 0 Å². The number of rotatable bonds is 0. The van der Waals surface area contributed by atoms with Gasteiger partial charge in [0.1, 0.15) is 0 Å². The number of allylic oxidation sites excluding steroid dienone is 2. The molecular weight excluding hydrogens is 146 g/mol. The smallest absolute Gasteiger partial charge is 0.00674 e. The first-order valence-electron chi connectivity index (χ1n) is 5.11. The Hall–Kier alpha value is -0.300. The normalized spacial score (nSPS) is 37.4. The Bertz CT molecular complexity index is 160. The Morgan fingerprint density at radius 1 is 1.42 bits per heavy atom. The Kier molecular flexibility index (Phi) is 3.80. The van der Waals surface area contributed by atoms with Crippen LogP contribution in [0.2, 0.25) is 0 Å². The zero-order chi connectivity index (χ0) is 8.97. The second-order valence-corrected chi connectivity index (χ2v) is 4.16. The maximum atomic E-state index is 6.03. The fraction of sp³-hybridized carbons (Fsp3) is 0.818. The van der Waals surface area contributed by atoms with E-state index >= 15 is 0 Å². The van der Waals surface area contributed by atoms with E-state index in [-0.39, 0.29) is 0 Å². The molecule has 0 bridgehead atoms. The average molecular weight is 167 g/mol. The van der Waals surface area contributed by atoms with Crippen LogP contribution in [0.4, 0.5) is 0 Å². The van der Waals surface area contributed by atoms with Gasteiger partial charge in [-0.3, -0.25) is 0 Å². The van der Waals surface area contributed by atoms with Crippen molar-refractivity contribution in [1.29, 1.82) is 0 Å². The van der Waals surface area contributed by atoms with Crippen molar-refractivity contribution in [3.63, 3.8) is 0 Å². The van der Waals surface area contributed by atoms with Gasteiger partial charge in [-0.1, -0.05) is 18.6 Å². The lowest BCUT2D eigenvalue weighted by Crippen LogP contribution is -2.27. The second-order valence-electron chi connectivity index (χ2n) is 4.16. The maximum Gasteiger partial charge on any atom is 0.00674 e. The molecule has 1 rings (SSSR count). The molecule has 2 N–H and O–H groups in total. The van der Waals surface area contributed by atoms with Crippen LogP contribution in [0.15, 0.2) is 11.6 Å². The van der Waals surface area contributed by atoms with Crippen molar-refractivity contribution in [3.8, 4) is 0 Å². The molecule has 0 saturated carbocycles. The lowest BCUT2D eigenvalue weighted by atomic mass is 9.94. The van der Waals surface area contributed by atoms with Crippen LogP contribution in [0.25, 0.3) is 0 Å². The minimum atomic E-state index is 0.423. The Morgan fingerprint density at radius 2 is 2.17 bits per heavy atom. The Balaban J connectivity index is 2.47. The molecule has 1 nitrogen and oxygen atoms in total. The zero-order valence-corrected chi connectivity index (χ0v) is 8.34. The highest BCUT2D eigenvalue weighted by Crippen LogP contribution is 2.20. The van der Waals surface area contributed by atoms with Crippen LogP contribution in [0, 0.1) is 5.92 Å². The molecule has 0 aromatic rings. The molecule has 0 heterocycles. The standard InChI is InChI=1S/C11H21N/c1-9-5-3-7-10(2)11(12)8-4-6-9/h6,10-11H,3-5,7-8,12H2,1-2H3/b9-6-. The minimum Gasteiger partial charge on any atom is -0.327 e. The van der Waals surface area contributed by atoms with Gasteiger partial charge in [0, 0.05) is 6.04 Å². The van der Waals surface area contributed by atoms with E-state index in [1.165, 1.54) is 32.1 Å². The second kappa shape index (κ2) is 4.66. The number of hydrogen-bond donors (Lipinski definition) is 1. The van der Waals surface area contributed by atoms with Crippen molar-refractivity contribution in [2.45, 2.75) is 52.0 Å². The predicted molar refractivity (Wildman–Crippen MR) is 54.0 cm³/mol. The van der Waals surface area contributed by atoms with Crippen LogP contribution in [0.3, 0.4) is 0 Å². The first-order valence-corrected chi connectivity index (χ1v) is 5.11. The van der Waals surface area contributed by atoms with E-state index < -0.39 is 0 Å². The molecule has 0 fully saturated rings. The van der Waals surface area contributed by atoms with E-state index in [4.69, 9.17) is 5.73 Å². The van der Waals surface area contributed by atoms with Crippen molar-refractivity contribution >= 4 is 0 Å². The van der Waals surface area contributed by atoms with Gasteiger partial charge < -0.3 is 5.73 Å². The topological polar surface area (TPSA) is 26.0 Å². The molecule has 0 aromatic carbocycles. The van der Waals surface area contributed by atoms with Crippen molar-refractivity contribution in [1.82, 2.24) is 0 Å². The Morgan fingerprint density at radius 3 is 2.92 bits per heavy atom. The SMILES string of the molecule is C/C1=C/CCC(N)C(C)CCC1. The summed E-state index contributed by atoms with van der Waals surface area (Å²) in [6, 6.07) is 0.423. The third-order valence-electron chi connectivity index (χ3n) is 2.95. The molecule has 2 unspecified atom stereocenters. The fourth-order valence-electron chi connectivity index (χ4n) is 1.83. The largest absolute Gasteiger partial charge is 0.327 e. The number of nitrogens with two attached hydrogens (primary N) is 1. The Labute approximate surface area is 76.0 Å². The van der Waals surface area contributed by atoms with Gasteiger partial charge in [0.15, 0.2) is 0 Å². The summed E-state index contributed by atoms with van der Waals surface area (Å²) in [6.45, 7) is 4.52. The highest BCUT2D eigenvalue weighted by Gasteiger charge is 2.12. The summed E-state index contributed by atoms with van der Waals surface area (Å²) in [5, 5.41) is 0. The van der Waals surface area contributed by atoms with Crippen LogP contribution in [-0.2, 0) is 0 Å². The van der Waals surface area contributed by atoms with E-state index in [1.54, 1.807) is 5.57 Å². The molecule has 0 saturated heterocycles. The molecule has 12 heavy (non-hydrogen) atoms. The minimum absolute atomic E-state index is 0.423. The summed E-state index contributed by atoms with van der Waals surface area (Å²) in [7, 11) is 0. The molecule has 0 aromatic heterocycles. The van der Waals surface area contributed by atoms with Crippen LogP contribution in [-0.4, -0.2) is 6.04 Å². The molecule has 1 aliphatic carbocycles. The summed E-state index contributed by atoms with van der Waals surface area (Å²) in [5.74, 6) is 0.712. The highest BCUT2D eigenvalue weighted by molar-refractivity contribution is 4.99. The van der Waals surface area contributed by atoms with Crippen LogP contribution in [0.5, 0.6) is 0 Å². The molecule has 0 radical (unpaired) electrons. The summed E-state index contributed by atoms with van der Waals surface area (Å²) in [5.41, 5.74) is 7.59. The first-order chi connectivity index (χ1) is 5.70. The quantitative estimate of drug-likeness (QED) is 0.552. The molecule has 0 spiro atoms. The monoisotopic (exact) mass is 167 g/mol. The van der Waals surface area contributed by atoms with Gasteiger partial charge in [0.25, 0.3) is 0 Å². The third kappa shape index (κ3) is 2.98. The van der Waals surface area contributed by atoms with Gasteiger partial charge >= 0.3 is 0 Å². The van der Waals surface area contributed by atoms with Gasteiger partial charge in [-0.05, 0) is 44.9 Å². The maximum absolute atomic E-state index is 6.03. The van der Waals surface area contributed by atoms with Crippen molar-refractivity contribution in [3.05, 3.63) is 11.6 Å². The molecule has 1 heteroatoms. The van der Waals surface area contributed by atoms with Gasteiger partial charge in [0.05, 0.1) is 0 Å². The van der Waals surface area contributed by atoms with Gasteiger partial charge in [-0.2, -0.15) is 0 Å². The molecule has 0 amide bonds. The van der Waals surface area contributed by atoms with Crippen LogP contribution < -0.4 is 5.73 Å². The van der Waals surface area contributed by atoms with Crippen molar-refractivity contribution in [2.75, 3.05) is 0 Å². The van der Waals surface area contributed by atoms with E-state index in [1.807, 2.05) is 0 Å². The van der Waals surface area contributed by atoms with Crippen molar-refractivity contribution in [2.24, 2.45) is 11.7 Å². The average Bonchev–Trinajstić information content (AvgIpc) is 2.08. The molecule has 70 valence electrons. The predicted octanol–water partition coefficient (Wildman–Crippen LogP) is 2.86. The van der Waals surface area contributed by atoms with E-state index in [0.29, 0.717) is 12.0 Å². The first kappa shape index (κ1) is 9.79. The molecule has 2 atom stereocenters. The lowest BCUT2D eigenvalue weighted by molar-refractivity contribution is 0.402. The summed E-state index contributed by atoms with van der Waals surface area (Å²) < 4.78 is 0.